The van der Waals surface area contributed by atoms with Crippen LogP contribution < -0.4 is 0 Å². The van der Waals surface area contributed by atoms with Gasteiger partial charge in [-0.2, -0.15) is 0 Å². The molecule has 0 saturated carbocycles. The van der Waals surface area contributed by atoms with Crippen LogP contribution in [0, 0.1) is 11.8 Å². The van der Waals surface area contributed by atoms with E-state index in [1.807, 2.05) is 0 Å². The number of aliphatic carboxylic acids is 1. The molecule has 1 N–H and O–H groups in total. The lowest BCUT2D eigenvalue weighted by molar-refractivity contribution is -0.137. The van der Waals surface area contributed by atoms with Crippen molar-refractivity contribution in [2.75, 3.05) is 26.7 Å². The van der Waals surface area contributed by atoms with Gasteiger partial charge in [-0.25, -0.2) is 4.79 Å². The Morgan fingerprint density at radius 1 is 1.50 bits per heavy atom. The second kappa shape index (κ2) is 5.18. The normalized spacial score (nSPS) is 20.2. The number of likely N-dealkylation sites (tertiary alicyclic amines) is 1. The molecular weight excluding hydrogens is 208 g/mol. The standard InChI is InChI=1S/C11H20N2O3/c1-8(2)9-4-5-13(6-9)11(16)12(3)7-10(14)15/h8-9H,4-7H2,1-3H3,(H,14,15). The average molecular weight is 228 g/mol. The molecule has 16 heavy (non-hydrogen) atoms. The fourth-order valence-corrected chi connectivity index (χ4v) is 2.02. The van der Waals surface area contributed by atoms with Gasteiger partial charge in [-0.1, -0.05) is 13.8 Å². The molecule has 0 aliphatic carbocycles. The van der Waals surface area contributed by atoms with Crippen LogP contribution in [0.2, 0.25) is 0 Å². The van der Waals surface area contributed by atoms with Gasteiger partial charge in [-0.05, 0) is 18.3 Å². The molecule has 0 radical (unpaired) electrons. The Hall–Kier alpha value is -1.26. The summed E-state index contributed by atoms with van der Waals surface area (Å²) in [6.07, 6.45) is 1.02. The summed E-state index contributed by atoms with van der Waals surface area (Å²) in [5.41, 5.74) is 0. The number of carbonyl (C=O) groups is 2. The van der Waals surface area contributed by atoms with Gasteiger partial charge in [0.1, 0.15) is 6.54 Å². The summed E-state index contributed by atoms with van der Waals surface area (Å²) in [4.78, 5) is 25.3. The van der Waals surface area contributed by atoms with Crippen molar-refractivity contribution in [2.24, 2.45) is 11.8 Å². The monoisotopic (exact) mass is 228 g/mol. The number of amides is 2. The molecule has 0 aromatic carbocycles. The van der Waals surface area contributed by atoms with Crippen molar-refractivity contribution in [3.05, 3.63) is 0 Å². The largest absolute Gasteiger partial charge is 0.480 e. The molecule has 1 rings (SSSR count). The van der Waals surface area contributed by atoms with Crippen molar-refractivity contribution < 1.29 is 14.7 Å². The van der Waals surface area contributed by atoms with Gasteiger partial charge in [0.15, 0.2) is 0 Å². The van der Waals surface area contributed by atoms with Gasteiger partial charge in [0.05, 0.1) is 0 Å². The summed E-state index contributed by atoms with van der Waals surface area (Å²) in [5, 5.41) is 8.60. The Bertz CT molecular complexity index is 278. The third-order valence-electron chi connectivity index (χ3n) is 3.14. The third-order valence-corrected chi connectivity index (χ3v) is 3.14. The van der Waals surface area contributed by atoms with Gasteiger partial charge in [0, 0.05) is 20.1 Å². The average Bonchev–Trinajstić information content (AvgIpc) is 2.64. The first-order chi connectivity index (χ1) is 7.41. The first-order valence-electron chi connectivity index (χ1n) is 5.63. The van der Waals surface area contributed by atoms with E-state index in [0.717, 1.165) is 19.5 Å². The summed E-state index contributed by atoms with van der Waals surface area (Å²) in [5.74, 6) is 0.139. The number of nitrogens with zero attached hydrogens (tertiary/aromatic N) is 2. The highest BCUT2D eigenvalue weighted by Crippen LogP contribution is 2.24. The highest BCUT2D eigenvalue weighted by Gasteiger charge is 2.29. The Kier molecular flexibility index (Phi) is 4.15. The van der Waals surface area contributed by atoms with Crippen LogP contribution in [0.4, 0.5) is 4.79 Å². The molecule has 92 valence electrons. The number of carboxylic acids is 1. The van der Waals surface area contributed by atoms with E-state index in [1.54, 1.807) is 4.90 Å². The molecule has 1 heterocycles. The molecule has 0 aromatic rings. The molecule has 1 fully saturated rings. The SMILES string of the molecule is CC(C)C1CCN(C(=O)N(C)CC(=O)O)C1. The van der Waals surface area contributed by atoms with E-state index >= 15 is 0 Å². The van der Waals surface area contributed by atoms with Crippen molar-refractivity contribution >= 4 is 12.0 Å². The van der Waals surface area contributed by atoms with E-state index in [-0.39, 0.29) is 12.6 Å². The molecular formula is C11H20N2O3. The predicted molar refractivity (Wildman–Crippen MR) is 60.2 cm³/mol. The minimum atomic E-state index is -0.976. The fraction of sp³-hybridized carbons (Fsp3) is 0.818. The summed E-state index contributed by atoms with van der Waals surface area (Å²) >= 11 is 0. The number of carbonyl (C=O) groups excluding carboxylic acids is 1. The van der Waals surface area contributed by atoms with Crippen LogP contribution in [0.5, 0.6) is 0 Å². The van der Waals surface area contributed by atoms with Crippen LogP contribution >= 0.6 is 0 Å². The lowest BCUT2D eigenvalue weighted by atomic mass is 9.95. The maximum atomic E-state index is 11.8. The second-order valence-corrected chi connectivity index (χ2v) is 4.77. The molecule has 2 amide bonds. The first kappa shape index (κ1) is 12.8. The highest BCUT2D eigenvalue weighted by molar-refractivity contribution is 5.80. The molecule has 0 aromatic heterocycles. The smallest absolute Gasteiger partial charge is 0.323 e. The molecule has 1 unspecified atom stereocenters. The highest BCUT2D eigenvalue weighted by atomic mass is 16.4. The number of urea groups is 1. The zero-order valence-corrected chi connectivity index (χ0v) is 10.1. The molecule has 1 saturated heterocycles. The second-order valence-electron chi connectivity index (χ2n) is 4.77. The van der Waals surface area contributed by atoms with Gasteiger partial charge in [0.2, 0.25) is 0 Å². The van der Waals surface area contributed by atoms with Gasteiger partial charge in [-0.15, -0.1) is 0 Å². The number of likely N-dealkylation sites (N-methyl/N-ethyl adjacent to an activating group) is 1. The van der Waals surface area contributed by atoms with E-state index in [9.17, 15) is 9.59 Å². The van der Waals surface area contributed by atoms with Crippen LogP contribution in [-0.4, -0.2) is 53.6 Å². The van der Waals surface area contributed by atoms with Gasteiger partial charge >= 0.3 is 12.0 Å². The molecule has 0 spiro atoms. The lowest BCUT2D eigenvalue weighted by Gasteiger charge is -2.23. The van der Waals surface area contributed by atoms with Crippen LogP contribution in [0.1, 0.15) is 20.3 Å². The minimum Gasteiger partial charge on any atom is -0.480 e. The summed E-state index contributed by atoms with van der Waals surface area (Å²) in [7, 11) is 1.53. The number of rotatable bonds is 3. The fourth-order valence-electron chi connectivity index (χ4n) is 2.02. The zero-order chi connectivity index (χ0) is 12.3. The Balaban J connectivity index is 2.47. The predicted octanol–water partition coefficient (Wildman–Crippen LogP) is 1.10. The third kappa shape index (κ3) is 3.12. The molecule has 5 nitrogen and oxygen atoms in total. The Morgan fingerprint density at radius 2 is 2.12 bits per heavy atom. The van der Waals surface area contributed by atoms with Crippen molar-refractivity contribution in [2.45, 2.75) is 20.3 Å². The van der Waals surface area contributed by atoms with Crippen LogP contribution in [-0.2, 0) is 4.79 Å². The summed E-state index contributed by atoms with van der Waals surface area (Å²) in [6.45, 7) is 5.56. The number of hydrogen-bond donors (Lipinski definition) is 1. The van der Waals surface area contributed by atoms with Crippen molar-refractivity contribution in [3.63, 3.8) is 0 Å². The van der Waals surface area contributed by atoms with Crippen LogP contribution in [0.25, 0.3) is 0 Å². The molecule has 1 aliphatic heterocycles. The van der Waals surface area contributed by atoms with Crippen LogP contribution in [0.3, 0.4) is 0 Å². The molecule has 0 bridgehead atoms. The van der Waals surface area contributed by atoms with E-state index < -0.39 is 5.97 Å². The molecule has 1 aliphatic rings. The quantitative estimate of drug-likeness (QED) is 0.787. The Labute approximate surface area is 96.0 Å². The maximum Gasteiger partial charge on any atom is 0.323 e. The first-order valence-corrected chi connectivity index (χ1v) is 5.63. The number of carboxylic acid groups (broad SMARTS) is 1. The lowest BCUT2D eigenvalue weighted by Crippen LogP contribution is -2.42. The van der Waals surface area contributed by atoms with E-state index in [4.69, 9.17) is 5.11 Å². The topological polar surface area (TPSA) is 60.9 Å². The van der Waals surface area contributed by atoms with Gasteiger partial charge < -0.3 is 14.9 Å². The van der Waals surface area contributed by atoms with Crippen LogP contribution in [0.15, 0.2) is 0 Å². The van der Waals surface area contributed by atoms with E-state index in [2.05, 4.69) is 13.8 Å². The minimum absolute atomic E-state index is 0.175. The Morgan fingerprint density at radius 3 is 2.56 bits per heavy atom. The summed E-state index contributed by atoms with van der Waals surface area (Å²) < 4.78 is 0. The maximum absolute atomic E-state index is 11.8. The van der Waals surface area contributed by atoms with Crippen molar-refractivity contribution in [3.8, 4) is 0 Å². The summed E-state index contributed by atoms with van der Waals surface area (Å²) in [6, 6.07) is -0.175. The van der Waals surface area contributed by atoms with Crippen molar-refractivity contribution in [1.29, 1.82) is 0 Å². The van der Waals surface area contributed by atoms with Gasteiger partial charge in [-0.3, -0.25) is 4.79 Å². The van der Waals surface area contributed by atoms with Gasteiger partial charge in [0.25, 0.3) is 0 Å². The van der Waals surface area contributed by atoms with Crippen molar-refractivity contribution in [1.82, 2.24) is 9.80 Å². The van der Waals surface area contributed by atoms with E-state index in [0.29, 0.717) is 11.8 Å². The molecule has 5 heteroatoms. The van der Waals surface area contributed by atoms with E-state index in [1.165, 1.54) is 11.9 Å². The number of hydrogen-bond acceptors (Lipinski definition) is 2. The molecule has 1 atom stereocenters. The zero-order valence-electron chi connectivity index (χ0n) is 10.1.